The summed E-state index contributed by atoms with van der Waals surface area (Å²) >= 11 is 0. The van der Waals surface area contributed by atoms with Crippen molar-refractivity contribution in [1.29, 1.82) is 0 Å². The zero-order valence-corrected chi connectivity index (χ0v) is 15.3. The van der Waals surface area contributed by atoms with Crippen molar-refractivity contribution < 1.29 is 19.3 Å². The summed E-state index contributed by atoms with van der Waals surface area (Å²) in [6, 6.07) is 10.4. The molecule has 2 aliphatic rings. The van der Waals surface area contributed by atoms with Crippen LogP contribution in [0.3, 0.4) is 0 Å². The molecule has 1 aromatic carbocycles. The Bertz CT molecular complexity index is 868. The van der Waals surface area contributed by atoms with E-state index in [2.05, 4.69) is 14.9 Å². The maximum atomic E-state index is 12.7. The Hall–Kier alpha value is -3.33. The van der Waals surface area contributed by atoms with Crippen LogP contribution in [0.2, 0.25) is 0 Å². The van der Waals surface area contributed by atoms with Crippen molar-refractivity contribution in [2.24, 2.45) is 0 Å². The van der Waals surface area contributed by atoms with Gasteiger partial charge in [0.15, 0.2) is 6.67 Å². The van der Waals surface area contributed by atoms with Gasteiger partial charge in [0.05, 0.1) is 32.7 Å². The fraction of sp³-hybridized carbons (Fsp3) is 0.316. The van der Waals surface area contributed by atoms with Gasteiger partial charge in [-0.3, -0.25) is 14.5 Å². The van der Waals surface area contributed by atoms with E-state index in [1.165, 1.54) is 0 Å². The van der Waals surface area contributed by atoms with E-state index in [1.807, 2.05) is 30.3 Å². The van der Waals surface area contributed by atoms with Gasteiger partial charge in [0.25, 0.3) is 0 Å². The largest absolute Gasteiger partial charge is 0.339 e. The maximum Gasteiger partial charge on any atom is 0.339 e. The molecule has 2 saturated heterocycles. The van der Waals surface area contributed by atoms with Gasteiger partial charge in [-0.2, -0.15) is 0 Å². The number of carbonyl (C=O) groups is 3. The van der Waals surface area contributed by atoms with Crippen LogP contribution in [-0.2, 0) is 16.1 Å². The molecule has 2 aromatic rings. The number of nitrogens with zero attached hydrogens (tertiary/aromatic N) is 5. The van der Waals surface area contributed by atoms with E-state index in [1.54, 1.807) is 18.5 Å². The first-order valence-electron chi connectivity index (χ1n) is 9.20. The molecule has 0 unspecified atom stereocenters. The van der Waals surface area contributed by atoms with E-state index in [4.69, 9.17) is 0 Å². The number of urea groups is 1. The molecular formula is C19H21N6O3+. The predicted octanol–water partition coefficient (Wildman–Crippen LogP) is -0.870. The molecule has 1 N–H and O–H groups in total. The Morgan fingerprint density at radius 3 is 2.18 bits per heavy atom. The van der Waals surface area contributed by atoms with Crippen LogP contribution in [0.4, 0.5) is 10.7 Å². The third kappa shape index (κ3) is 3.56. The highest BCUT2D eigenvalue weighted by atomic mass is 16.2. The van der Waals surface area contributed by atoms with Gasteiger partial charge in [0.2, 0.25) is 5.95 Å². The number of rotatable bonds is 5. The van der Waals surface area contributed by atoms with Crippen LogP contribution in [0.25, 0.3) is 0 Å². The molecule has 0 radical (unpaired) electrons. The average molecular weight is 381 g/mol. The number of benzene rings is 1. The number of anilines is 1. The molecule has 4 rings (SSSR count). The zero-order valence-electron chi connectivity index (χ0n) is 15.3. The van der Waals surface area contributed by atoms with Gasteiger partial charge < -0.3 is 9.80 Å². The molecule has 144 valence electrons. The highest BCUT2D eigenvalue weighted by molar-refractivity contribution is 6.44. The number of quaternary nitrogens is 1. The van der Waals surface area contributed by atoms with Crippen molar-refractivity contribution >= 4 is 23.8 Å². The Labute approximate surface area is 162 Å². The number of piperazine rings is 1. The normalized spacial score (nSPS) is 18.3. The number of imide groups is 2. The lowest BCUT2D eigenvalue weighted by atomic mass is 10.2. The van der Waals surface area contributed by atoms with Crippen LogP contribution in [-0.4, -0.2) is 70.5 Å². The van der Waals surface area contributed by atoms with Crippen LogP contribution in [0.15, 0.2) is 48.8 Å². The smallest absolute Gasteiger partial charge is 0.330 e. The minimum Gasteiger partial charge on any atom is -0.330 e. The van der Waals surface area contributed by atoms with Crippen molar-refractivity contribution in [1.82, 2.24) is 19.8 Å². The summed E-state index contributed by atoms with van der Waals surface area (Å²) in [6.07, 6.45) is 3.41. The van der Waals surface area contributed by atoms with E-state index < -0.39 is 17.8 Å². The summed E-state index contributed by atoms with van der Waals surface area (Å²) in [6.45, 7) is 3.19. The Morgan fingerprint density at radius 2 is 1.50 bits per heavy atom. The molecule has 4 amide bonds. The number of amides is 4. The highest BCUT2D eigenvalue weighted by Crippen LogP contribution is 2.15. The highest BCUT2D eigenvalue weighted by Gasteiger charge is 2.46. The first-order chi connectivity index (χ1) is 13.6. The third-order valence-electron chi connectivity index (χ3n) is 5.01. The van der Waals surface area contributed by atoms with Crippen molar-refractivity contribution in [3.8, 4) is 0 Å². The zero-order chi connectivity index (χ0) is 19.5. The van der Waals surface area contributed by atoms with Gasteiger partial charge in [-0.05, 0) is 11.6 Å². The van der Waals surface area contributed by atoms with Gasteiger partial charge in [0, 0.05) is 12.4 Å². The molecule has 9 nitrogen and oxygen atoms in total. The molecule has 0 atom stereocenters. The molecule has 2 fully saturated rings. The lowest BCUT2D eigenvalue weighted by Crippen LogP contribution is -3.16. The number of hydrogen-bond donors (Lipinski definition) is 1. The third-order valence-corrected chi connectivity index (χ3v) is 5.01. The fourth-order valence-corrected chi connectivity index (χ4v) is 3.45. The Kier molecular flexibility index (Phi) is 4.98. The first-order valence-corrected chi connectivity index (χ1v) is 9.20. The van der Waals surface area contributed by atoms with Crippen molar-refractivity contribution in [3.05, 3.63) is 54.4 Å². The van der Waals surface area contributed by atoms with Crippen LogP contribution < -0.4 is 9.80 Å². The maximum absolute atomic E-state index is 12.7. The standard InChI is InChI=1S/C19H20N6O3/c26-16-17(27)25(19(28)24(16)13-15-5-2-1-3-6-15)14-22-9-11-23(12-10-22)18-20-7-4-8-21-18/h1-8H,9-14H2/p+1. The molecule has 0 saturated carbocycles. The molecular weight excluding hydrogens is 360 g/mol. The van der Waals surface area contributed by atoms with Gasteiger partial charge in [-0.25, -0.2) is 19.7 Å². The molecule has 9 heteroatoms. The summed E-state index contributed by atoms with van der Waals surface area (Å²) < 4.78 is 0. The van der Waals surface area contributed by atoms with Gasteiger partial charge in [-0.1, -0.05) is 30.3 Å². The predicted molar refractivity (Wildman–Crippen MR) is 99.0 cm³/mol. The molecule has 0 spiro atoms. The van der Waals surface area contributed by atoms with E-state index in [0.29, 0.717) is 5.95 Å². The number of aromatic nitrogens is 2. The van der Waals surface area contributed by atoms with Crippen LogP contribution in [0, 0.1) is 0 Å². The minimum absolute atomic E-state index is 0.106. The van der Waals surface area contributed by atoms with Crippen LogP contribution >= 0.6 is 0 Å². The number of hydrogen-bond acceptors (Lipinski definition) is 6. The molecule has 28 heavy (non-hydrogen) atoms. The topological polar surface area (TPSA) is 91.1 Å². The van der Waals surface area contributed by atoms with Gasteiger partial charge in [0.1, 0.15) is 0 Å². The fourth-order valence-electron chi connectivity index (χ4n) is 3.45. The molecule has 3 heterocycles. The quantitative estimate of drug-likeness (QED) is 0.535. The Morgan fingerprint density at radius 1 is 0.857 bits per heavy atom. The lowest BCUT2D eigenvalue weighted by Gasteiger charge is -2.33. The Balaban J connectivity index is 1.37. The van der Waals surface area contributed by atoms with Crippen molar-refractivity contribution in [2.45, 2.75) is 6.54 Å². The number of carbonyl (C=O) groups excluding carboxylic acids is 3. The average Bonchev–Trinajstić information content (AvgIpc) is 2.94. The SMILES string of the molecule is O=C1C(=O)N(C[NH+]2CCN(c3ncccn3)CC2)C(=O)N1Cc1ccccc1. The monoisotopic (exact) mass is 381 g/mol. The van der Waals surface area contributed by atoms with E-state index in [9.17, 15) is 14.4 Å². The summed E-state index contributed by atoms with van der Waals surface area (Å²) in [4.78, 5) is 51.0. The second-order valence-corrected chi connectivity index (χ2v) is 6.84. The second kappa shape index (κ2) is 7.73. The van der Waals surface area contributed by atoms with E-state index >= 15 is 0 Å². The van der Waals surface area contributed by atoms with E-state index in [-0.39, 0.29) is 13.2 Å². The minimum atomic E-state index is -0.760. The summed E-state index contributed by atoms with van der Waals surface area (Å²) in [5, 5.41) is 0. The number of nitrogens with one attached hydrogen (secondary N) is 1. The summed E-state index contributed by atoms with van der Waals surface area (Å²) in [7, 11) is 0. The second-order valence-electron chi connectivity index (χ2n) is 6.84. The van der Waals surface area contributed by atoms with Crippen LogP contribution in [0.5, 0.6) is 0 Å². The first kappa shape index (κ1) is 18.1. The van der Waals surface area contributed by atoms with Gasteiger partial charge >= 0.3 is 17.8 Å². The summed E-state index contributed by atoms with van der Waals surface area (Å²) in [5.74, 6) is -0.828. The molecule has 0 aliphatic carbocycles. The van der Waals surface area contributed by atoms with E-state index in [0.717, 1.165) is 46.4 Å². The summed E-state index contributed by atoms with van der Waals surface area (Å²) in [5.41, 5.74) is 0.808. The molecule has 2 aliphatic heterocycles. The van der Waals surface area contributed by atoms with Crippen LogP contribution in [0.1, 0.15) is 5.56 Å². The molecule has 0 bridgehead atoms. The lowest BCUT2D eigenvalue weighted by molar-refractivity contribution is -0.907. The molecule has 1 aromatic heterocycles. The van der Waals surface area contributed by atoms with Gasteiger partial charge in [-0.15, -0.1) is 0 Å². The van der Waals surface area contributed by atoms with Crippen molar-refractivity contribution in [2.75, 3.05) is 37.7 Å². The van der Waals surface area contributed by atoms with Crippen molar-refractivity contribution in [3.63, 3.8) is 0 Å².